The number of aromatic nitrogens is 2. The fourth-order valence-electron chi connectivity index (χ4n) is 6.14. The average Bonchev–Trinajstić information content (AvgIpc) is 3.45. The Labute approximate surface area is 185 Å². The number of nitrogens with one attached hydrogen (secondary N) is 3. The van der Waals surface area contributed by atoms with Crippen LogP contribution in [-0.2, 0) is 33.4 Å². The SMILES string of the molecule is CC1(c2c[nH]c3ccccc23)C(=O)NC(=O)C1(CC=N)c1cn2c3c(cccc13)CCC2. The molecule has 0 bridgehead atoms. The summed E-state index contributed by atoms with van der Waals surface area (Å²) in [6, 6.07) is 14.1. The quantitative estimate of drug-likeness (QED) is 0.342. The van der Waals surface area contributed by atoms with Crippen LogP contribution in [0.3, 0.4) is 0 Å². The first-order valence-electron chi connectivity index (χ1n) is 11.0. The summed E-state index contributed by atoms with van der Waals surface area (Å²) in [4.78, 5) is 30.6. The second-order valence-corrected chi connectivity index (χ2v) is 9.12. The topological polar surface area (TPSA) is 90.7 Å². The molecule has 0 saturated carbocycles. The van der Waals surface area contributed by atoms with Gasteiger partial charge in [-0.05, 0) is 48.7 Å². The summed E-state index contributed by atoms with van der Waals surface area (Å²) in [5.41, 5.74) is 2.55. The van der Waals surface area contributed by atoms with Gasteiger partial charge in [0.15, 0.2) is 0 Å². The van der Waals surface area contributed by atoms with Crippen LogP contribution in [0.5, 0.6) is 0 Å². The van der Waals surface area contributed by atoms with Gasteiger partial charge in [0.1, 0.15) is 0 Å². The average molecular weight is 425 g/mol. The Morgan fingerprint density at radius 3 is 2.72 bits per heavy atom. The molecule has 2 aliphatic rings. The number of aryl methyl sites for hydroxylation is 2. The zero-order valence-corrected chi connectivity index (χ0v) is 17.9. The number of nitrogens with zero attached hydrogens (tertiary/aromatic N) is 1. The van der Waals surface area contributed by atoms with Gasteiger partial charge in [-0.3, -0.25) is 14.9 Å². The van der Waals surface area contributed by atoms with Gasteiger partial charge in [-0.2, -0.15) is 0 Å². The number of benzene rings is 2. The second kappa shape index (κ2) is 6.42. The van der Waals surface area contributed by atoms with Crippen LogP contribution in [0.15, 0.2) is 54.9 Å². The van der Waals surface area contributed by atoms with Crippen molar-refractivity contribution in [3.8, 4) is 0 Å². The molecule has 6 rings (SSSR count). The van der Waals surface area contributed by atoms with Crippen molar-refractivity contribution in [1.29, 1.82) is 5.41 Å². The molecule has 32 heavy (non-hydrogen) atoms. The predicted octanol–water partition coefficient (Wildman–Crippen LogP) is 3.96. The van der Waals surface area contributed by atoms with E-state index in [9.17, 15) is 9.59 Å². The number of hydrogen-bond donors (Lipinski definition) is 3. The van der Waals surface area contributed by atoms with Gasteiger partial charge in [-0.1, -0.05) is 36.4 Å². The lowest BCUT2D eigenvalue weighted by atomic mass is 9.57. The molecule has 2 aliphatic heterocycles. The molecule has 2 aromatic heterocycles. The zero-order chi connectivity index (χ0) is 22.1. The number of carbonyl (C=O) groups excluding carboxylic acids is 2. The first-order chi connectivity index (χ1) is 15.5. The number of para-hydroxylation sites is 2. The maximum absolute atomic E-state index is 13.7. The van der Waals surface area contributed by atoms with Crippen molar-refractivity contribution in [1.82, 2.24) is 14.9 Å². The Hall–Kier alpha value is -3.67. The normalized spacial score (nSPS) is 24.9. The minimum absolute atomic E-state index is 0.143. The van der Waals surface area contributed by atoms with E-state index in [2.05, 4.69) is 27.1 Å². The van der Waals surface area contributed by atoms with Crippen LogP contribution in [0.25, 0.3) is 21.8 Å². The first-order valence-corrected chi connectivity index (χ1v) is 11.0. The molecule has 6 nitrogen and oxygen atoms in total. The van der Waals surface area contributed by atoms with E-state index >= 15 is 0 Å². The van der Waals surface area contributed by atoms with E-state index in [1.807, 2.05) is 49.5 Å². The van der Waals surface area contributed by atoms with E-state index in [4.69, 9.17) is 5.41 Å². The minimum atomic E-state index is -1.22. The van der Waals surface area contributed by atoms with Gasteiger partial charge in [0.25, 0.3) is 0 Å². The van der Waals surface area contributed by atoms with Crippen molar-refractivity contribution in [3.05, 3.63) is 71.5 Å². The lowest BCUT2D eigenvalue weighted by Gasteiger charge is -2.38. The summed E-state index contributed by atoms with van der Waals surface area (Å²) in [5.74, 6) is -0.650. The number of H-pyrrole nitrogens is 1. The van der Waals surface area contributed by atoms with Crippen molar-refractivity contribution >= 4 is 39.8 Å². The van der Waals surface area contributed by atoms with Crippen LogP contribution in [0.4, 0.5) is 0 Å². The third-order valence-electron chi connectivity index (χ3n) is 7.75. The number of amides is 2. The predicted molar refractivity (Wildman–Crippen MR) is 124 cm³/mol. The van der Waals surface area contributed by atoms with Gasteiger partial charge in [-0.25, -0.2) is 0 Å². The minimum Gasteiger partial charge on any atom is -0.361 e. The van der Waals surface area contributed by atoms with Gasteiger partial charge in [0, 0.05) is 41.6 Å². The van der Waals surface area contributed by atoms with Crippen molar-refractivity contribution in [3.63, 3.8) is 0 Å². The number of imide groups is 1. The molecule has 6 heteroatoms. The summed E-state index contributed by atoms with van der Waals surface area (Å²) in [5, 5.41) is 12.6. The molecule has 2 amide bonds. The fourth-order valence-corrected chi connectivity index (χ4v) is 6.14. The van der Waals surface area contributed by atoms with Gasteiger partial charge in [-0.15, -0.1) is 0 Å². The summed E-state index contributed by atoms with van der Waals surface area (Å²) in [6.07, 6.45) is 7.38. The number of rotatable bonds is 4. The lowest BCUT2D eigenvalue weighted by Crippen LogP contribution is -2.50. The largest absolute Gasteiger partial charge is 0.361 e. The molecular formula is C26H24N4O2. The number of aromatic amines is 1. The van der Waals surface area contributed by atoms with Crippen LogP contribution >= 0.6 is 0 Å². The molecule has 2 unspecified atom stereocenters. The highest BCUT2D eigenvalue weighted by Gasteiger charge is 2.66. The first kappa shape index (κ1) is 19.0. The van der Waals surface area contributed by atoms with Crippen LogP contribution < -0.4 is 5.32 Å². The highest BCUT2D eigenvalue weighted by atomic mass is 16.2. The van der Waals surface area contributed by atoms with Crippen molar-refractivity contribution in [2.24, 2.45) is 0 Å². The summed E-state index contributed by atoms with van der Waals surface area (Å²) in [7, 11) is 0. The van der Waals surface area contributed by atoms with Crippen molar-refractivity contribution in [2.75, 3.05) is 0 Å². The molecule has 0 radical (unpaired) electrons. The van der Waals surface area contributed by atoms with Crippen LogP contribution in [0.2, 0.25) is 0 Å². The molecule has 3 N–H and O–H groups in total. The molecule has 0 spiro atoms. The highest BCUT2D eigenvalue weighted by Crippen LogP contribution is 2.54. The van der Waals surface area contributed by atoms with E-state index in [-0.39, 0.29) is 18.2 Å². The molecule has 1 fully saturated rings. The Morgan fingerprint density at radius 2 is 1.88 bits per heavy atom. The fraction of sp³-hybridized carbons (Fsp3) is 0.269. The number of carbonyl (C=O) groups is 2. The Balaban J connectivity index is 1.72. The number of hydrogen-bond acceptors (Lipinski definition) is 3. The molecule has 4 heterocycles. The maximum Gasteiger partial charge on any atom is 0.239 e. The highest BCUT2D eigenvalue weighted by molar-refractivity contribution is 6.19. The van der Waals surface area contributed by atoms with E-state index in [0.717, 1.165) is 52.3 Å². The van der Waals surface area contributed by atoms with Crippen molar-refractivity contribution in [2.45, 2.75) is 43.6 Å². The van der Waals surface area contributed by atoms with Crippen LogP contribution in [0, 0.1) is 5.41 Å². The third kappa shape index (κ3) is 2.12. The zero-order valence-electron chi connectivity index (χ0n) is 17.9. The van der Waals surface area contributed by atoms with E-state index in [1.54, 1.807) is 0 Å². The van der Waals surface area contributed by atoms with Gasteiger partial charge < -0.3 is 15.0 Å². The number of fused-ring (bicyclic) bond motifs is 1. The van der Waals surface area contributed by atoms with Gasteiger partial charge in [0.2, 0.25) is 11.8 Å². The summed E-state index contributed by atoms with van der Waals surface area (Å²) in [6.45, 7) is 2.74. The van der Waals surface area contributed by atoms with Crippen molar-refractivity contribution < 1.29 is 9.59 Å². The van der Waals surface area contributed by atoms with E-state index in [0.29, 0.717) is 0 Å². The Bertz CT molecular complexity index is 1440. The molecular weight excluding hydrogens is 400 g/mol. The summed E-state index contributed by atoms with van der Waals surface area (Å²) < 4.78 is 2.22. The standard InChI is InChI=1S/C26H24N4O2/c1-25(19-14-28-21-10-3-2-8-17(19)21)23(31)29-24(32)26(25,11-12-27)20-15-30-13-5-7-16-6-4-9-18(20)22(16)30/h2-4,6,8-10,12,14-15,27-28H,5,7,11,13H2,1H3,(H,29,31,32). The third-order valence-corrected chi connectivity index (χ3v) is 7.75. The second-order valence-electron chi connectivity index (χ2n) is 9.12. The smallest absolute Gasteiger partial charge is 0.239 e. The van der Waals surface area contributed by atoms with Crippen LogP contribution in [-0.4, -0.2) is 27.6 Å². The molecule has 2 aromatic carbocycles. The van der Waals surface area contributed by atoms with Gasteiger partial charge in [0.05, 0.1) is 16.3 Å². The van der Waals surface area contributed by atoms with E-state index < -0.39 is 10.8 Å². The Kier molecular flexibility index (Phi) is 3.82. The molecule has 160 valence electrons. The summed E-state index contributed by atoms with van der Waals surface area (Å²) >= 11 is 0. The molecule has 1 saturated heterocycles. The lowest BCUT2D eigenvalue weighted by molar-refractivity contribution is -0.126. The molecule has 4 aromatic rings. The van der Waals surface area contributed by atoms with Crippen LogP contribution in [0.1, 0.15) is 36.5 Å². The van der Waals surface area contributed by atoms with Gasteiger partial charge >= 0.3 is 0 Å². The monoisotopic (exact) mass is 424 g/mol. The van der Waals surface area contributed by atoms with E-state index in [1.165, 1.54) is 11.8 Å². The molecule has 2 atom stereocenters. The maximum atomic E-state index is 13.7. The molecule has 0 aliphatic carbocycles. The Morgan fingerprint density at radius 1 is 1.06 bits per heavy atom.